The molecule has 0 amide bonds. The van der Waals surface area contributed by atoms with Crippen molar-refractivity contribution >= 4 is 23.9 Å². The molecule has 2 saturated heterocycles. The second-order valence-corrected chi connectivity index (χ2v) is 6.37. The van der Waals surface area contributed by atoms with Gasteiger partial charge in [0.15, 0.2) is 6.61 Å². The van der Waals surface area contributed by atoms with Gasteiger partial charge in [0.05, 0.1) is 6.61 Å². The molecule has 10 nitrogen and oxygen atoms in total. The van der Waals surface area contributed by atoms with Crippen LogP contribution in [0.3, 0.4) is 0 Å². The van der Waals surface area contributed by atoms with E-state index in [1.54, 1.807) is 0 Å². The first-order chi connectivity index (χ1) is 14.0. The van der Waals surface area contributed by atoms with E-state index in [-0.39, 0.29) is 13.2 Å². The Balaban J connectivity index is 2.02. The van der Waals surface area contributed by atoms with E-state index in [1.165, 1.54) is 14.0 Å². The molecule has 0 radical (unpaired) electrons. The van der Waals surface area contributed by atoms with E-state index in [1.807, 2.05) is 0 Å². The first-order valence-corrected chi connectivity index (χ1v) is 8.61. The molecule has 0 aliphatic carbocycles. The normalized spacial score (nSPS) is 27.8. The van der Waals surface area contributed by atoms with Crippen molar-refractivity contribution in [2.75, 3.05) is 26.9 Å². The van der Waals surface area contributed by atoms with Crippen molar-refractivity contribution in [2.24, 2.45) is 11.8 Å². The summed E-state index contributed by atoms with van der Waals surface area (Å²) < 4.78 is 66.4. The molecule has 2 rings (SSSR count). The SMILES string of the molecule is C=C(C(=O)OCC(=O)OC1OC2C(C)OC(=O)C2C1C(=O)OCCOC)C(F)(F)F. The number of rotatable bonds is 8. The van der Waals surface area contributed by atoms with Crippen LogP contribution in [0.15, 0.2) is 12.2 Å². The highest BCUT2D eigenvalue weighted by Gasteiger charge is 2.61. The average molecular weight is 440 g/mol. The van der Waals surface area contributed by atoms with Crippen LogP contribution in [0.5, 0.6) is 0 Å². The van der Waals surface area contributed by atoms with E-state index in [0.29, 0.717) is 0 Å². The Labute approximate surface area is 168 Å². The monoisotopic (exact) mass is 440 g/mol. The lowest BCUT2D eigenvalue weighted by atomic mass is 9.90. The minimum atomic E-state index is -5.03. The maximum absolute atomic E-state index is 12.4. The molecule has 5 atom stereocenters. The fraction of sp³-hybridized carbons (Fsp3) is 0.647. The van der Waals surface area contributed by atoms with Crippen molar-refractivity contribution in [2.45, 2.75) is 31.6 Å². The third kappa shape index (κ3) is 5.27. The molecule has 5 unspecified atom stereocenters. The lowest BCUT2D eigenvalue weighted by Gasteiger charge is -2.20. The molecule has 30 heavy (non-hydrogen) atoms. The topological polar surface area (TPSA) is 124 Å². The predicted octanol–water partition coefficient (Wildman–Crippen LogP) is 0.283. The largest absolute Gasteiger partial charge is 0.463 e. The summed E-state index contributed by atoms with van der Waals surface area (Å²) in [4.78, 5) is 47.6. The van der Waals surface area contributed by atoms with Crippen molar-refractivity contribution in [3.8, 4) is 0 Å². The standard InChI is InChI=1S/C17H19F3O10/c1-7(17(18,19)20)13(22)27-6-9(21)29-16-11(14(23)26-5-4-25-3)10-12(30-16)8(2)28-15(10)24/h8,10-12,16H,1,4-6H2,2-3H3. The third-order valence-corrected chi connectivity index (χ3v) is 4.32. The Morgan fingerprint density at radius 3 is 2.43 bits per heavy atom. The molecule has 0 aromatic heterocycles. The number of ether oxygens (including phenoxy) is 6. The van der Waals surface area contributed by atoms with Gasteiger partial charge < -0.3 is 28.4 Å². The summed E-state index contributed by atoms with van der Waals surface area (Å²) in [7, 11) is 1.37. The molecule has 2 aliphatic rings. The Morgan fingerprint density at radius 2 is 1.83 bits per heavy atom. The molecule has 0 spiro atoms. The quantitative estimate of drug-likeness (QED) is 0.225. The fourth-order valence-corrected chi connectivity index (χ4v) is 2.88. The number of hydrogen-bond donors (Lipinski definition) is 0. The molecule has 2 heterocycles. The van der Waals surface area contributed by atoms with Crippen LogP contribution >= 0.6 is 0 Å². The van der Waals surface area contributed by atoms with Crippen molar-refractivity contribution in [3.63, 3.8) is 0 Å². The van der Waals surface area contributed by atoms with Crippen LogP contribution in [0.2, 0.25) is 0 Å². The van der Waals surface area contributed by atoms with Gasteiger partial charge >= 0.3 is 30.1 Å². The van der Waals surface area contributed by atoms with E-state index in [4.69, 9.17) is 23.7 Å². The number of alkyl halides is 3. The summed E-state index contributed by atoms with van der Waals surface area (Å²) >= 11 is 0. The molecule has 13 heteroatoms. The highest BCUT2D eigenvalue weighted by molar-refractivity contribution is 5.90. The second-order valence-electron chi connectivity index (χ2n) is 6.37. The zero-order chi connectivity index (χ0) is 22.6. The summed E-state index contributed by atoms with van der Waals surface area (Å²) in [5.74, 6) is -7.34. The third-order valence-electron chi connectivity index (χ3n) is 4.32. The smallest absolute Gasteiger partial charge is 0.422 e. The summed E-state index contributed by atoms with van der Waals surface area (Å²) in [5.41, 5.74) is -1.81. The maximum Gasteiger partial charge on any atom is 0.422 e. The van der Waals surface area contributed by atoms with E-state index < -0.39 is 72.6 Å². The first kappa shape index (κ1) is 23.6. The van der Waals surface area contributed by atoms with Gasteiger partial charge in [0, 0.05) is 7.11 Å². The van der Waals surface area contributed by atoms with Crippen LogP contribution in [0.4, 0.5) is 13.2 Å². The van der Waals surface area contributed by atoms with Crippen LogP contribution in [0, 0.1) is 11.8 Å². The van der Waals surface area contributed by atoms with Crippen LogP contribution in [-0.4, -0.2) is 75.5 Å². The van der Waals surface area contributed by atoms with Crippen LogP contribution in [0.25, 0.3) is 0 Å². The van der Waals surface area contributed by atoms with Gasteiger partial charge in [0.25, 0.3) is 0 Å². The van der Waals surface area contributed by atoms with Gasteiger partial charge in [-0.3, -0.25) is 9.59 Å². The van der Waals surface area contributed by atoms with Crippen molar-refractivity contribution in [1.29, 1.82) is 0 Å². The summed E-state index contributed by atoms with van der Waals surface area (Å²) in [6.45, 7) is 2.76. The molecule has 0 aromatic carbocycles. The average Bonchev–Trinajstić information content (AvgIpc) is 3.16. The Bertz CT molecular complexity index is 719. The number of halogens is 3. The van der Waals surface area contributed by atoms with E-state index in [2.05, 4.69) is 11.3 Å². The number of fused-ring (bicyclic) bond motifs is 1. The number of esters is 4. The number of hydrogen-bond acceptors (Lipinski definition) is 10. The zero-order valence-corrected chi connectivity index (χ0v) is 15.9. The Morgan fingerprint density at radius 1 is 1.17 bits per heavy atom. The number of cyclic esters (lactones) is 1. The summed E-state index contributed by atoms with van der Waals surface area (Å²) in [5, 5.41) is 0. The number of carbonyl (C=O) groups excluding carboxylic acids is 4. The van der Waals surface area contributed by atoms with Crippen molar-refractivity contribution < 1.29 is 60.8 Å². The van der Waals surface area contributed by atoms with E-state index in [0.717, 1.165) is 0 Å². The lowest BCUT2D eigenvalue weighted by Crippen LogP contribution is -2.37. The van der Waals surface area contributed by atoms with Gasteiger partial charge in [-0.2, -0.15) is 13.2 Å². The second kappa shape index (κ2) is 9.43. The molecule has 2 fully saturated rings. The Hall–Kier alpha value is -2.67. The maximum atomic E-state index is 12.4. The van der Waals surface area contributed by atoms with Gasteiger partial charge in [-0.15, -0.1) is 0 Å². The van der Waals surface area contributed by atoms with E-state index in [9.17, 15) is 32.3 Å². The fourth-order valence-electron chi connectivity index (χ4n) is 2.88. The number of methoxy groups -OCH3 is 1. The predicted molar refractivity (Wildman–Crippen MR) is 86.3 cm³/mol. The molecule has 2 aliphatic heterocycles. The van der Waals surface area contributed by atoms with Gasteiger partial charge in [0.2, 0.25) is 6.29 Å². The zero-order valence-electron chi connectivity index (χ0n) is 15.9. The van der Waals surface area contributed by atoms with Gasteiger partial charge in [0.1, 0.15) is 36.2 Å². The minimum Gasteiger partial charge on any atom is -0.463 e. The summed E-state index contributed by atoms with van der Waals surface area (Å²) in [6, 6.07) is 0. The van der Waals surface area contributed by atoms with Crippen molar-refractivity contribution in [3.05, 3.63) is 12.2 Å². The Kier molecular flexibility index (Phi) is 7.42. The van der Waals surface area contributed by atoms with Crippen LogP contribution in [0.1, 0.15) is 6.92 Å². The van der Waals surface area contributed by atoms with Gasteiger partial charge in [-0.05, 0) is 6.92 Å². The lowest BCUT2D eigenvalue weighted by molar-refractivity contribution is -0.199. The minimum absolute atomic E-state index is 0.0672. The number of carbonyl (C=O) groups is 4. The highest BCUT2D eigenvalue weighted by Crippen LogP contribution is 2.42. The summed E-state index contributed by atoms with van der Waals surface area (Å²) in [6.07, 6.45) is -8.28. The van der Waals surface area contributed by atoms with Crippen molar-refractivity contribution in [1.82, 2.24) is 0 Å². The molecular weight excluding hydrogens is 421 g/mol. The molecule has 0 saturated carbocycles. The van der Waals surface area contributed by atoms with Gasteiger partial charge in [-0.1, -0.05) is 6.58 Å². The highest BCUT2D eigenvalue weighted by atomic mass is 19.4. The molecule has 168 valence electrons. The van der Waals surface area contributed by atoms with Gasteiger partial charge in [-0.25, -0.2) is 9.59 Å². The van der Waals surface area contributed by atoms with Crippen LogP contribution in [-0.2, 0) is 47.6 Å². The van der Waals surface area contributed by atoms with Crippen LogP contribution < -0.4 is 0 Å². The van der Waals surface area contributed by atoms with E-state index >= 15 is 0 Å². The molecule has 0 bridgehead atoms. The molecule has 0 aromatic rings. The molecular formula is C17H19F3O10. The molecule has 0 N–H and O–H groups in total. The first-order valence-electron chi connectivity index (χ1n) is 8.61.